The molecule has 1 atom stereocenters. The van der Waals surface area contributed by atoms with E-state index < -0.39 is 0 Å². The number of nitrogens with one attached hydrogen (secondary N) is 1. The monoisotopic (exact) mass is 508 g/mol. The van der Waals surface area contributed by atoms with Gasteiger partial charge >= 0.3 is 0 Å². The number of nitrogens with zero attached hydrogens (tertiary/aromatic N) is 3. The fourth-order valence-electron chi connectivity index (χ4n) is 4.50. The lowest BCUT2D eigenvalue weighted by molar-refractivity contribution is 0.0665. The third-order valence-electron chi connectivity index (χ3n) is 6.44. The summed E-state index contributed by atoms with van der Waals surface area (Å²) in [6.45, 7) is 4.54. The van der Waals surface area contributed by atoms with Crippen LogP contribution in [-0.4, -0.2) is 38.7 Å². The van der Waals surface area contributed by atoms with Crippen LogP contribution in [0.4, 0.5) is 0 Å². The lowest BCUT2D eigenvalue weighted by Gasteiger charge is -2.30. The molecule has 7 heteroatoms. The van der Waals surface area contributed by atoms with Crippen molar-refractivity contribution < 1.29 is 9.59 Å². The molecular formula is C30H28N4O2S. The standard InChI is InChI=1S/C30H28N4O2S/c1-21(19-31-28(35)27-22(2)32-30-33(27)17-18-37-30)34(20-23-11-5-3-6-12-23)29(36)26-16-10-9-15-25(26)24-13-7-4-8-14-24/h3-18,21H,19-20H2,1-2H3,(H,31,35). The van der Waals surface area contributed by atoms with E-state index in [4.69, 9.17) is 0 Å². The van der Waals surface area contributed by atoms with Gasteiger partial charge in [-0.2, -0.15) is 0 Å². The molecule has 0 aliphatic carbocycles. The number of imidazole rings is 1. The Morgan fingerprint density at radius 2 is 1.65 bits per heavy atom. The number of amides is 2. The van der Waals surface area contributed by atoms with Gasteiger partial charge in [0.15, 0.2) is 4.96 Å². The van der Waals surface area contributed by atoms with Gasteiger partial charge < -0.3 is 10.2 Å². The fraction of sp³-hybridized carbons (Fsp3) is 0.167. The van der Waals surface area contributed by atoms with Crippen LogP contribution in [0.25, 0.3) is 16.1 Å². The molecular weight excluding hydrogens is 480 g/mol. The number of benzene rings is 3. The Balaban J connectivity index is 1.41. The van der Waals surface area contributed by atoms with Crippen LogP contribution in [0.15, 0.2) is 96.5 Å². The summed E-state index contributed by atoms with van der Waals surface area (Å²) in [5.41, 5.74) is 4.75. The summed E-state index contributed by atoms with van der Waals surface area (Å²) in [7, 11) is 0. The van der Waals surface area contributed by atoms with Crippen molar-refractivity contribution in [2.45, 2.75) is 26.4 Å². The lowest BCUT2D eigenvalue weighted by atomic mass is 9.98. The number of aryl methyl sites for hydroxylation is 1. The van der Waals surface area contributed by atoms with Crippen LogP contribution in [0.2, 0.25) is 0 Å². The largest absolute Gasteiger partial charge is 0.349 e. The SMILES string of the molecule is Cc1nc2sccn2c1C(=O)NCC(C)N(Cc1ccccc1)C(=O)c1ccccc1-c1ccccc1. The molecule has 0 fully saturated rings. The van der Waals surface area contributed by atoms with E-state index in [0.29, 0.717) is 30.0 Å². The third kappa shape index (κ3) is 5.17. The highest BCUT2D eigenvalue weighted by atomic mass is 32.1. The highest BCUT2D eigenvalue weighted by Gasteiger charge is 2.25. The average Bonchev–Trinajstić information content (AvgIpc) is 3.51. The van der Waals surface area contributed by atoms with Gasteiger partial charge in [-0.25, -0.2) is 4.98 Å². The van der Waals surface area contributed by atoms with Crippen molar-refractivity contribution in [3.8, 4) is 11.1 Å². The molecule has 0 aliphatic rings. The summed E-state index contributed by atoms with van der Waals surface area (Å²) in [5, 5.41) is 4.95. The Hall–Kier alpha value is -4.23. The molecule has 0 aliphatic heterocycles. The Morgan fingerprint density at radius 3 is 2.41 bits per heavy atom. The first-order valence-electron chi connectivity index (χ1n) is 12.2. The van der Waals surface area contributed by atoms with Gasteiger partial charge in [0.2, 0.25) is 0 Å². The molecule has 2 heterocycles. The van der Waals surface area contributed by atoms with Crippen molar-refractivity contribution >= 4 is 28.1 Å². The predicted molar refractivity (Wildman–Crippen MR) is 148 cm³/mol. The molecule has 1 N–H and O–H groups in total. The van der Waals surface area contributed by atoms with Gasteiger partial charge in [0.05, 0.1) is 5.69 Å². The second kappa shape index (κ2) is 10.8. The molecule has 6 nitrogen and oxygen atoms in total. The van der Waals surface area contributed by atoms with Gasteiger partial charge in [-0.1, -0.05) is 78.9 Å². The van der Waals surface area contributed by atoms with E-state index in [1.165, 1.54) is 11.3 Å². The molecule has 0 saturated heterocycles. The van der Waals surface area contributed by atoms with Crippen LogP contribution in [0.1, 0.15) is 39.0 Å². The minimum absolute atomic E-state index is 0.0780. The topological polar surface area (TPSA) is 66.7 Å². The Morgan fingerprint density at radius 1 is 0.973 bits per heavy atom. The van der Waals surface area contributed by atoms with Crippen molar-refractivity contribution in [1.82, 2.24) is 19.6 Å². The van der Waals surface area contributed by atoms with Gasteiger partial charge in [0.25, 0.3) is 11.8 Å². The summed E-state index contributed by atoms with van der Waals surface area (Å²) in [6.07, 6.45) is 1.85. The average molecular weight is 509 g/mol. The molecule has 3 aromatic carbocycles. The summed E-state index contributed by atoms with van der Waals surface area (Å²) >= 11 is 1.49. The van der Waals surface area contributed by atoms with E-state index in [2.05, 4.69) is 10.3 Å². The third-order valence-corrected chi connectivity index (χ3v) is 7.20. The van der Waals surface area contributed by atoms with Crippen LogP contribution in [0.5, 0.6) is 0 Å². The highest BCUT2D eigenvalue weighted by Crippen LogP contribution is 2.26. The minimum Gasteiger partial charge on any atom is -0.349 e. The van der Waals surface area contributed by atoms with Crippen LogP contribution in [0, 0.1) is 6.92 Å². The van der Waals surface area contributed by atoms with Crippen molar-refractivity contribution in [2.75, 3.05) is 6.54 Å². The maximum absolute atomic E-state index is 14.1. The van der Waals surface area contributed by atoms with E-state index in [1.807, 2.05) is 120 Å². The number of rotatable bonds is 8. The quantitative estimate of drug-likeness (QED) is 0.287. The van der Waals surface area contributed by atoms with Gasteiger partial charge in [-0.15, -0.1) is 11.3 Å². The van der Waals surface area contributed by atoms with Crippen molar-refractivity contribution in [1.29, 1.82) is 0 Å². The van der Waals surface area contributed by atoms with Gasteiger partial charge in [-0.05, 0) is 36.6 Å². The summed E-state index contributed by atoms with van der Waals surface area (Å²) in [5.74, 6) is -0.280. The molecule has 0 radical (unpaired) electrons. The molecule has 1 unspecified atom stereocenters. The first kappa shape index (κ1) is 24.5. The normalized spacial score (nSPS) is 11.8. The van der Waals surface area contributed by atoms with E-state index in [1.54, 1.807) is 0 Å². The number of thiazole rings is 1. The number of aromatic nitrogens is 2. The predicted octanol–water partition coefficient (Wildman–Crippen LogP) is 5.83. The smallest absolute Gasteiger partial charge is 0.270 e. The number of carbonyl (C=O) groups is 2. The molecule has 186 valence electrons. The lowest BCUT2D eigenvalue weighted by Crippen LogP contribution is -2.45. The molecule has 2 aromatic heterocycles. The summed E-state index contributed by atoms with van der Waals surface area (Å²) in [6, 6.07) is 27.3. The first-order chi connectivity index (χ1) is 18.0. The second-order valence-electron chi connectivity index (χ2n) is 8.99. The Bertz CT molecular complexity index is 1530. The zero-order chi connectivity index (χ0) is 25.8. The Kier molecular flexibility index (Phi) is 7.14. The van der Waals surface area contributed by atoms with Gasteiger partial charge in [0, 0.05) is 36.3 Å². The number of fused-ring (bicyclic) bond motifs is 1. The maximum Gasteiger partial charge on any atom is 0.270 e. The summed E-state index contributed by atoms with van der Waals surface area (Å²) in [4.78, 5) is 34.3. The fourth-order valence-corrected chi connectivity index (χ4v) is 5.26. The van der Waals surface area contributed by atoms with Gasteiger partial charge in [0.1, 0.15) is 5.69 Å². The Labute approximate surface area is 220 Å². The van der Waals surface area contributed by atoms with E-state index in [0.717, 1.165) is 21.7 Å². The molecule has 0 spiro atoms. The van der Waals surface area contributed by atoms with E-state index in [9.17, 15) is 9.59 Å². The van der Waals surface area contributed by atoms with Crippen molar-refractivity contribution in [3.63, 3.8) is 0 Å². The van der Waals surface area contributed by atoms with Crippen LogP contribution >= 0.6 is 11.3 Å². The zero-order valence-corrected chi connectivity index (χ0v) is 21.6. The van der Waals surface area contributed by atoms with Gasteiger partial charge in [-0.3, -0.25) is 14.0 Å². The molecule has 5 rings (SSSR count). The molecule has 2 amide bonds. The van der Waals surface area contributed by atoms with Crippen molar-refractivity contribution in [3.05, 3.63) is 119 Å². The maximum atomic E-state index is 14.1. The van der Waals surface area contributed by atoms with E-state index in [-0.39, 0.29) is 17.9 Å². The highest BCUT2D eigenvalue weighted by molar-refractivity contribution is 7.15. The molecule has 5 aromatic rings. The van der Waals surface area contributed by atoms with Crippen molar-refractivity contribution in [2.24, 2.45) is 0 Å². The second-order valence-corrected chi connectivity index (χ2v) is 9.86. The number of hydrogen-bond acceptors (Lipinski definition) is 4. The number of hydrogen-bond donors (Lipinski definition) is 1. The first-order valence-corrected chi connectivity index (χ1v) is 13.1. The zero-order valence-electron chi connectivity index (χ0n) is 20.8. The molecule has 0 bridgehead atoms. The molecule has 0 saturated carbocycles. The summed E-state index contributed by atoms with van der Waals surface area (Å²) < 4.78 is 1.81. The van der Waals surface area contributed by atoms with Crippen LogP contribution in [-0.2, 0) is 6.54 Å². The minimum atomic E-state index is -0.258. The van der Waals surface area contributed by atoms with E-state index >= 15 is 0 Å². The van der Waals surface area contributed by atoms with Crippen LogP contribution in [0.3, 0.4) is 0 Å². The van der Waals surface area contributed by atoms with Crippen LogP contribution < -0.4 is 5.32 Å². The molecule has 37 heavy (non-hydrogen) atoms. The number of carbonyl (C=O) groups excluding carboxylic acids is 2.